The summed E-state index contributed by atoms with van der Waals surface area (Å²) in [4.78, 5) is 21.8. The van der Waals surface area contributed by atoms with Crippen LogP contribution in [0.25, 0.3) is 10.8 Å². The zero-order chi connectivity index (χ0) is 26.3. The predicted octanol–water partition coefficient (Wildman–Crippen LogP) is 3.75. The molecule has 0 aliphatic carbocycles. The molecule has 7 nitrogen and oxygen atoms in total. The highest BCUT2D eigenvalue weighted by atomic mass is 16.1. The Morgan fingerprint density at radius 2 is 1.76 bits per heavy atom. The lowest BCUT2D eigenvalue weighted by Gasteiger charge is -2.32. The van der Waals surface area contributed by atoms with Crippen LogP contribution in [0.5, 0.6) is 0 Å². The second-order valence-electron chi connectivity index (χ2n) is 10.5. The molecule has 2 aliphatic rings. The van der Waals surface area contributed by atoms with Crippen LogP contribution in [-0.2, 0) is 0 Å². The number of rotatable bonds is 6. The first kappa shape index (κ1) is 26.0. The van der Waals surface area contributed by atoms with E-state index < -0.39 is 0 Å². The Kier molecular flexibility index (Phi) is 8.42. The first-order chi connectivity index (χ1) is 18.6. The third-order valence-electron chi connectivity index (χ3n) is 7.67. The minimum Gasteiger partial charge on any atom is -0.383 e. The van der Waals surface area contributed by atoms with Crippen LogP contribution < -0.4 is 21.7 Å². The van der Waals surface area contributed by atoms with Gasteiger partial charge in [0.15, 0.2) is 0 Å². The number of hydrogen-bond acceptors (Lipinski definition) is 6. The van der Waals surface area contributed by atoms with Crippen LogP contribution in [0.2, 0.25) is 0 Å². The number of hydrogen-bond donors (Lipinski definition) is 3. The zero-order valence-corrected chi connectivity index (χ0v) is 22.1. The number of benzene rings is 2. The summed E-state index contributed by atoms with van der Waals surface area (Å²) < 4.78 is 0. The van der Waals surface area contributed by atoms with Gasteiger partial charge in [0.05, 0.1) is 5.56 Å². The number of nitrogens with one attached hydrogen (secondary N) is 1. The number of pyridine rings is 1. The normalized spacial score (nSPS) is 16.7. The summed E-state index contributed by atoms with van der Waals surface area (Å²) in [5.74, 6) is 6.84. The van der Waals surface area contributed by atoms with Gasteiger partial charge >= 0.3 is 0 Å². The Hall–Kier alpha value is -3.60. The van der Waals surface area contributed by atoms with E-state index in [2.05, 4.69) is 50.1 Å². The number of nitrogens with zero attached hydrogens (tertiary/aromatic N) is 3. The van der Waals surface area contributed by atoms with Gasteiger partial charge in [0.2, 0.25) is 0 Å². The highest BCUT2D eigenvalue weighted by molar-refractivity contribution is 5.95. The fourth-order valence-electron chi connectivity index (χ4n) is 5.33. The SMILES string of the molecule is Nc1ncc2ccc(N3CCC(N)CC3)cc2c1C#Cc1ccc(C(=O)NCCCN2CCCCC2)cc1. The van der Waals surface area contributed by atoms with Crippen LogP contribution in [-0.4, -0.2) is 61.1 Å². The Morgan fingerprint density at radius 1 is 1.00 bits per heavy atom. The number of nitrogens with two attached hydrogens (primary N) is 2. The molecule has 3 aromatic rings. The van der Waals surface area contributed by atoms with Crippen LogP contribution in [0.4, 0.5) is 11.5 Å². The molecule has 5 N–H and O–H groups in total. The van der Waals surface area contributed by atoms with Crippen LogP contribution in [0.1, 0.15) is 60.0 Å². The number of amides is 1. The molecule has 1 amide bonds. The summed E-state index contributed by atoms with van der Waals surface area (Å²) in [6.45, 7) is 6.02. The molecular weight excluding hydrogens is 472 g/mol. The monoisotopic (exact) mass is 510 g/mol. The lowest BCUT2D eigenvalue weighted by atomic mass is 10.0. The van der Waals surface area contributed by atoms with Crippen molar-refractivity contribution in [1.82, 2.24) is 15.2 Å². The molecular formula is C31H38N6O. The van der Waals surface area contributed by atoms with E-state index in [0.717, 1.165) is 66.5 Å². The molecule has 0 bridgehead atoms. The molecule has 2 fully saturated rings. The summed E-state index contributed by atoms with van der Waals surface area (Å²) in [5.41, 5.74) is 15.7. The second kappa shape index (κ2) is 12.3. The van der Waals surface area contributed by atoms with Crippen molar-refractivity contribution in [1.29, 1.82) is 0 Å². The summed E-state index contributed by atoms with van der Waals surface area (Å²) in [6.07, 6.45) is 8.69. The van der Waals surface area contributed by atoms with Crippen molar-refractivity contribution in [3.05, 3.63) is 65.4 Å². The van der Waals surface area contributed by atoms with Crippen LogP contribution in [0.3, 0.4) is 0 Å². The molecule has 1 aromatic heterocycles. The number of carbonyl (C=O) groups excluding carboxylic acids is 1. The molecule has 0 atom stereocenters. The highest BCUT2D eigenvalue weighted by Crippen LogP contribution is 2.28. The third kappa shape index (κ3) is 6.45. The van der Waals surface area contributed by atoms with Crippen molar-refractivity contribution in [2.45, 2.75) is 44.6 Å². The van der Waals surface area contributed by atoms with Gasteiger partial charge in [0.25, 0.3) is 5.91 Å². The minimum absolute atomic E-state index is 0.0446. The maximum atomic E-state index is 12.6. The van der Waals surface area contributed by atoms with Crippen molar-refractivity contribution in [3.63, 3.8) is 0 Å². The average Bonchev–Trinajstić information content (AvgIpc) is 2.96. The first-order valence-corrected chi connectivity index (χ1v) is 13.9. The summed E-state index contributed by atoms with van der Waals surface area (Å²) in [7, 11) is 0. The number of piperidine rings is 2. The van der Waals surface area contributed by atoms with Crippen LogP contribution >= 0.6 is 0 Å². The number of carbonyl (C=O) groups is 1. The molecule has 198 valence electrons. The predicted molar refractivity (Wildman–Crippen MR) is 155 cm³/mol. The minimum atomic E-state index is -0.0446. The number of fused-ring (bicyclic) bond motifs is 1. The van der Waals surface area contributed by atoms with Crippen molar-refractivity contribution in [3.8, 4) is 11.8 Å². The topological polar surface area (TPSA) is 101 Å². The molecule has 0 saturated carbocycles. The van der Waals surface area contributed by atoms with E-state index in [0.29, 0.717) is 17.9 Å². The maximum Gasteiger partial charge on any atom is 0.251 e. The Labute approximate surface area is 225 Å². The maximum absolute atomic E-state index is 12.6. The van der Waals surface area contributed by atoms with Gasteiger partial charge < -0.3 is 26.6 Å². The van der Waals surface area contributed by atoms with Crippen LogP contribution in [0, 0.1) is 11.8 Å². The molecule has 0 radical (unpaired) electrons. The van der Waals surface area contributed by atoms with Gasteiger partial charge in [0, 0.05) is 59.5 Å². The van der Waals surface area contributed by atoms with Gasteiger partial charge in [-0.25, -0.2) is 4.98 Å². The zero-order valence-electron chi connectivity index (χ0n) is 22.1. The van der Waals surface area contributed by atoms with E-state index in [9.17, 15) is 4.79 Å². The lowest BCUT2D eigenvalue weighted by Crippen LogP contribution is -2.39. The van der Waals surface area contributed by atoms with Crippen molar-refractivity contribution >= 4 is 28.2 Å². The molecule has 3 heterocycles. The van der Waals surface area contributed by atoms with Gasteiger partial charge in [-0.2, -0.15) is 0 Å². The number of likely N-dealkylation sites (tertiary alicyclic amines) is 1. The van der Waals surface area contributed by atoms with Gasteiger partial charge in [-0.05, 0) is 88.1 Å². The Morgan fingerprint density at radius 3 is 2.53 bits per heavy atom. The van der Waals surface area contributed by atoms with Gasteiger partial charge in [-0.15, -0.1) is 0 Å². The molecule has 2 aromatic carbocycles. The fraction of sp³-hybridized carbons (Fsp3) is 0.419. The van der Waals surface area contributed by atoms with Crippen molar-refractivity contribution < 1.29 is 4.79 Å². The number of nitrogen functional groups attached to an aromatic ring is 1. The summed E-state index contributed by atoms with van der Waals surface area (Å²) in [5, 5.41) is 5.05. The third-order valence-corrected chi connectivity index (χ3v) is 7.67. The Bertz CT molecular complexity index is 1310. The average molecular weight is 511 g/mol. The molecule has 7 heteroatoms. The fourth-order valence-corrected chi connectivity index (χ4v) is 5.33. The smallest absolute Gasteiger partial charge is 0.251 e. The van der Waals surface area contributed by atoms with E-state index in [1.807, 2.05) is 24.3 Å². The van der Waals surface area contributed by atoms with E-state index in [-0.39, 0.29) is 11.9 Å². The summed E-state index contributed by atoms with van der Waals surface area (Å²) >= 11 is 0. The van der Waals surface area contributed by atoms with Gasteiger partial charge in [0.1, 0.15) is 5.82 Å². The quantitative estimate of drug-likeness (QED) is 0.345. The standard InChI is InChI=1S/C31H38N6O/c32-26-13-19-37(20-14-26)27-11-10-25-22-35-30(33)28(29(25)21-27)12-7-23-5-8-24(9-6-23)31(38)34-15-4-18-36-16-2-1-3-17-36/h5-6,8-11,21-22,26H,1-4,13-20,32H2,(H2,33,35)(H,34,38). The van der Waals surface area contributed by atoms with E-state index >= 15 is 0 Å². The van der Waals surface area contributed by atoms with Gasteiger partial charge in [-0.1, -0.05) is 24.3 Å². The molecule has 0 spiro atoms. The molecule has 5 rings (SSSR count). The van der Waals surface area contributed by atoms with E-state index in [4.69, 9.17) is 11.5 Å². The number of anilines is 2. The highest BCUT2D eigenvalue weighted by Gasteiger charge is 2.17. The molecule has 0 unspecified atom stereocenters. The number of aromatic nitrogens is 1. The molecule has 2 aliphatic heterocycles. The first-order valence-electron chi connectivity index (χ1n) is 13.9. The molecule has 2 saturated heterocycles. The summed E-state index contributed by atoms with van der Waals surface area (Å²) in [6, 6.07) is 14.1. The van der Waals surface area contributed by atoms with Crippen molar-refractivity contribution in [2.75, 3.05) is 49.9 Å². The van der Waals surface area contributed by atoms with E-state index in [1.165, 1.54) is 32.4 Å². The van der Waals surface area contributed by atoms with Gasteiger partial charge in [-0.3, -0.25) is 4.79 Å². The van der Waals surface area contributed by atoms with Crippen LogP contribution in [0.15, 0.2) is 48.7 Å². The lowest BCUT2D eigenvalue weighted by molar-refractivity contribution is 0.0951. The molecule has 38 heavy (non-hydrogen) atoms. The largest absolute Gasteiger partial charge is 0.383 e. The second-order valence-corrected chi connectivity index (χ2v) is 10.5. The van der Waals surface area contributed by atoms with E-state index in [1.54, 1.807) is 6.20 Å². The Balaban J connectivity index is 1.24. The van der Waals surface area contributed by atoms with Crippen molar-refractivity contribution in [2.24, 2.45) is 5.73 Å².